The van der Waals surface area contributed by atoms with E-state index in [9.17, 15) is 9.59 Å². The van der Waals surface area contributed by atoms with Crippen molar-refractivity contribution in [2.45, 2.75) is 51.2 Å². The summed E-state index contributed by atoms with van der Waals surface area (Å²) in [6.45, 7) is 1.61. The summed E-state index contributed by atoms with van der Waals surface area (Å²) >= 11 is 0. The molecule has 1 N–H and O–H groups in total. The van der Waals surface area contributed by atoms with E-state index in [2.05, 4.69) is 20.7 Å². The molecule has 1 aliphatic carbocycles. The third-order valence-electron chi connectivity index (χ3n) is 6.44. The third-order valence-corrected chi connectivity index (χ3v) is 6.44. The molecule has 2 aromatic heterocycles. The highest BCUT2D eigenvalue weighted by Crippen LogP contribution is 2.31. The molecule has 1 saturated carbocycles. The average Bonchev–Trinajstić information content (AvgIpc) is 3.67. The zero-order valence-corrected chi connectivity index (χ0v) is 20.4. The van der Waals surface area contributed by atoms with Crippen molar-refractivity contribution in [3.8, 4) is 11.4 Å². The summed E-state index contributed by atoms with van der Waals surface area (Å²) in [5.74, 6) is -1.11. The molecule has 0 saturated heterocycles. The second kappa shape index (κ2) is 10.7. The Morgan fingerprint density at radius 3 is 2.57 bits per heavy atom. The Bertz CT molecular complexity index is 1360. The molecular formula is C27H27FN6O3. The number of carbonyl (C=O) groups excluding carboxylic acids is 2. The summed E-state index contributed by atoms with van der Waals surface area (Å²) in [6.07, 6.45) is 5.17. The molecule has 1 aliphatic rings. The van der Waals surface area contributed by atoms with Gasteiger partial charge in [-0.25, -0.2) is 4.39 Å². The van der Waals surface area contributed by atoms with Crippen LogP contribution >= 0.6 is 0 Å². The summed E-state index contributed by atoms with van der Waals surface area (Å²) < 4.78 is 20.6. The number of nitrogens with zero attached hydrogens (tertiary/aromatic N) is 5. The molecular weight excluding hydrogens is 475 g/mol. The maximum Gasteiger partial charge on any atom is 0.251 e. The third kappa shape index (κ3) is 5.42. The molecule has 0 bridgehead atoms. The SMILES string of the molecule is Cc1ccc(-c2nnn(CC(=O)N(c3ccccc3F)C(C(=O)NC3CCCC3)c3ccco3)n2)cc1. The number of tetrazole rings is 1. The number of halogens is 1. The van der Waals surface area contributed by atoms with E-state index < -0.39 is 23.7 Å². The van der Waals surface area contributed by atoms with E-state index in [1.807, 2.05) is 31.2 Å². The lowest BCUT2D eigenvalue weighted by Gasteiger charge is -2.30. The Morgan fingerprint density at radius 2 is 1.86 bits per heavy atom. The number of amides is 2. The Kier molecular flexibility index (Phi) is 7.07. The van der Waals surface area contributed by atoms with Gasteiger partial charge in [0.2, 0.25) is 5.82 Å². The Balaban J connectivity index is 1.48. The first-order valence-electron chi connectivity index (χ1n) is 12.2. The first kappa shape index (κ1) is 24.4. The quantitative estimate of drug-likeness (QED) is 0.387. The Hall–Kier alpha value is -4.34. The van der Waals surface area contributed by atoms with Crippen molar-refractivity contribution in [1.82, 2.24) is 25.5 Å². The molecule has 2 amide bonds. The van der Waals surface area contributed by atoms with Crippen molar-refractivity contribution < 1.29 is 18.4 Å². The van der Waals surface area contributed by atoms with Crippen molar-refractivity contribution in [3.63, 3.8) is 0 Å². The van der Waals surface area contributed by atoms with E-state index in [-0.39, 0.29) is 24.0 Å². The summed E-state index contributed by atoms with van der Waals surface area (Å²) in [5, 5.41) is 15.4. The normalized spacial score (nSPS) is 14.4. The highest BCUT2D eigenvalue weighted by molar-refractivity contribution is 6.01. The second-order valence-electron chi connectivity index (χ2n) is 9.13. The van der Waals surface area contributed by atoms with Gasteiger partial charge in [-0.2, -0.15) is 4.80 Å². The van der Waals surface area contributed by atoms with Crippen LogP contribution in [0.5, 0.6) is 0 Å². The van der Waals surface area contributed by atoms with E-state index in [1.165, 1.54) is 24.5 Å². The number of aromatic nitrogens is 4. The lowest BCUT2D eigenvalue weighted by Crippen LogP contribution is -2.47. The van der Waals surface area contributed by atoms with Gasteiger partial charge in [-0.15, -0.1) is 10.2 Å². The van der Waals surface area contributed by atoms with Crippen molar-refractivity contribution in [3.05, 3.63) is 84.1 Å². The monoisotopic (exact) mass is 502 g/mol. The van der Waals surface area contributed by atoms with Gasteiger partial charge in [0.15, 0.2) is 6.04 Å². The van der Waals surface area contributed by atoms with E-state index >= 15 is 4.39 Å². The molecule has 0 radical (unpaired) electrons. The van der Waals surface area contributed by atoms with Crippen LogP contribution < -0.4 is 10.2 Å². The Labute approximate surface area is 213 Å². The van der Waals surface area contributed by atoms with Gasteiger partial charge >= 0.3 is 0 Å². The molecule has 2 aromatic carbocycles. The Morgan fingerprint density at radius 1 is 1.11 bits per heavy atom. The number of hydrogen-bond donors (Lipinski definition) is 1. The first-order valence-corrected chi connectivity index (χ1v) is 12.2. The summed E-state index contributed by atoms with van der Waals surface area (Å²) in [5.41, 5.74) is 1.79. The number of furan rings is 1. The van der Waals surface area contributed by atoms with Crippen LogP contribution in [0, 0.1) is 12.7 Å². The van der Waals surface area contributed by atoms with E-state index in [4.69, 9.17) is 4.42 Å². The van der Waals surface area contributed by atoms with E-state index in [0.29, 0.717) is 5.82 Å². The predicted octanol–water partition coefficient (Wildman–Crippen LogP) is 4.21. The second-order valence-corrected chi connectivity index (χ2v) is 9.13. The highest BCUT2D eigenvalue weighted by atomic mass is 19.1. The smallest absolute Gasteiger partial charge is 0.251 e. The van der Waals surface area contributed by atoms with Gasteiger partial charge in [-0.05, 0) is 49.2 Å². The molecule has 0 spiro atoms. The maximum atomic E-state index is 15.1. The van der Waals surface area contributed by atoms with Crippen LogP contribution in [-0.2, 0) is 16.1 Å². The van der Waals surface area contributed by atoms with Crippen LogP contribution in [0.2, 0.25) is 0 Å². The fourth-order valence-corrected chi connectivity index (χ4v) is 4.56. The molecule has 9 nitrogen and oxygen atoms in total. The molecule has 0 aliphatic heterocycles. The molecule has 1 unspecified atom stereocenters. The van der Waals surface area contributed by atoms with Gasteiger partial charge in [-0.3, -0.25) is 14.5 Å². The maximum absolute atomic E-state index is 15.1. The fourth-order valence-electron chi connectivity index (χ4n) is 4.56. The zero-order chi connectivity index (χ0) is 25.8. The lowest BCUT2D eigenvalue weighted by atomic mass is 10.1. The van der Waals surface area contributed by atoms with Crippen LogP contribution in [-0.4, -0.2) is 38.1 Å². The van der Waals surface area contributed by atoms with Crippen molar-refractivity contribution in [2.24, 2.45) is 0 Å². The van der Waals surface area contributed by atoms with Gasteiger partial charge in [0.1, 0.15) is 18.1 Å². The highest BCUT2D eigenvalue weighted by Gasteiger charge is 2.37. The zero-order valence-electron chi connectivity index (χ0n) is 20.4. The average molecular weight is 503 g/mol. The van der Waals surface area contributed by atoms with Gasteiger partial charge in [-0.1, -0.05) is 54.8 Å². The summed E-state index contributed by atoms with van der Waals surface area (Å²) in [7, 11) is 0. The predicted molar refractivity (Wildman–Crippen MR) is 134 cm³/mol. The van der Waals surface area contributed by atoms with Crippen LogP contribution in [0.4, 0.5) is 10.1 Å². The number of para-hydroxylation sites is 1. The standard InChI is InChI=1S/C27H27FN6O3/c1-18-12-14-19(15-13-18)26-30-32-33(31-26)17-24(35)34(22-10-5-4-9-21(22)28)25(23-11-6-16-37-23)27(36)29-20-7-2-3-8-20/h4-6,9-16,20,25H,2-3,7-8,17H2,1H3,(H,29,36). The number of rotatable bonds is 8. The van der Waals surface area contributed by atoms with Gasteiger partial charge < -0.3 is 9.73 Å². The van der Waals surface area contributed by atoms with Crippen molar-refractivity contribution >= 4 is 17.5 Å². The number of anilines is 1. The van der Waals surface area contributed by atoms with Gasteiger partial charge in [0.25, 0.3) is 11.8 Å². The minimum atomic E-state index is -1.22. The molecule has 1 atom stereocenters. The molecule has 1 fully saturated rings. The van der Waals surface area contributed by atoms with Crippen LogP contribution in [0.1, 0.15) is 43.0 Å². The van der Waals surface area contributed by atoms with Crippen LogP contribution in [0.3, 0.4) is 0 Å². The number of aryl methyl sites for hydroxylation is 1. The van der Waals surface area contributed by atoms with E-state index in [0.717, 1.165) is 46.5 Å². The molecule has 4 aromatic rings. The lowest BCUT2D eigenvalue weighted by molar-refractivity contribution is -0.128. The number of carbonyl (C=O) groups is 2. The molecule has 2 heterocycles. The van der Waals surface area contributed by atoms with Gasteiger partial charge in [0, 0.05) is 11.6 Å². The topological polar surface area (TPSA) is 106 Å². The fraction of sp³-hybridized carbons (Fsp3) is 0.296. The minimum Gasteiger partial charge on any atom is -0.467 e. The summed E-state index contributed by atoms with van der Waals surface area (Å²) in [4.78, 5) is 29.6. The van der Waals surface area contributed by atoms with Crippen LogP contribution in [0.25, 0.3) is 11.4 Å². The van der Waals surface area contributed by atoms with E-state index in [1.54, 1.807) is 18.2 Å². The number of hydrogen-bond acceptors (Lipinski definition) is 6. The molecule has 10 heteroatoms. The number of nitrogens with one attached hydrogen (secondary N) is 1. The number of benzene rings is 2. The van der Waals surface area contributed by atoms with Crippen molar-refractivity contribution in [2.75, 3.05) is 4.90 Å². The van der Waals surface area contributed by atoms with Crippen LogP contribution in [0.15, 0.2) is 71.3 Å². The van der Waals surface area contributed by atoms with Crippen molar-refractivity contribution in [1.29, 1.82) is 0 Å². The molecule has 5 rings (SSSR count). The molecule has 190 valence electrons. The minimum absolute atomic E-state index is 0.00316. The first-order chi connectivity index (χ1) is 18.0. The molecule has 37 heavy (non-hydrogen) atoms. The summed E-state index contributed by atoms with van der Waals surface area (Å²) in [6, 6.07) is 15.4. The van der Waals surface area contributed by atoms with Gasteiger partial charge in [0.05, 0.1) is 12.0 Å². The largest absolute Gasteiger partial charge is 0.467 e.